The molecule has 1 saturated heterocycles. The molecule has 0 aliphatic carbocycles. The molecule has 0 spiro atoms. The molecule has 1 aliphatic heterocycles. The number of halogens is 4. The highest BCUT2D eigenvalue weighted by atomic mass is 32.2. The van der Waals surface area contributed by atoms with Gasteiger partial charge in [0.25, 0.3) is 5.91 Å². The summed E-state index contributed by atoms with van der Waals surface area (Å²) >= 11 is 5.78. The molecule has 0 saturated carbocycles. The van der Waals surface area contributed by atoms with Crippen molar-refractivity contribution in [3.05, 3.63) is 28.7 Å². The maximum atomic E-state index is 12.6. The van der Waals surface area contributed by atoms with Gasteiger partial charge in [-0.05, 0) is 30.4 Å². The molecule has 0 radical (unpaired) electrons. The third kappa shape index (κ3) is 5.08. The van der Waals surface area contributed by atoms with Gasteiger partial charge in [0.15, 0.2) is 4.32 Å². The van der Waals surface area contributed by atoms with Gasteiger partial charge in [-0.3, -0.25) is 15.0 Å². The van der Waals surface area contributed by atoms with E-state index in [-0.39, 0.29) is 14.8 Å². The van der Waals surface area contributed by atoms with Gasteiger partial charge in [0.1, 0.15) is 11.5 Å². The fourth-order valence-electron chi connectivity index (χ4n) is 1.87. The molecule has 0 aromatic heterocycles. The zero-order valence-electron chi connectivity index (χ0n) is 12.9. The first-order valence-corrected chi connectivity index (χ1v) is 7.98. The summed E-state index contributed by atoms with van der Waals surface area (Å²) in [5.74, 6) is -2.06. The lowest BCUT2D eigenvalue weighted by Crippen LogP contribution is -2.43. The van der Waals surface area contributed by atoms with E-state index in [2.05, 4.69) is 14.9 Å². The summed E-state index contributed by atoms with van der Waals surface area (Å²) in [5.41, 5.74) is 2.23. The lowest BCUT2D eigenvalue weighted by atomic mass is 10.1. The average Bonchev–Trinajstić information content (AvgIpc) is 2.76. The third-order valence-corrected chi connectivity index (χ3v) is 4.08. The standard InChI is InChI=1S/C14H10F4N2O4S2/c1-6(21)19-20-11(22)10(26-14(20)25)4-7-2-3-8(23-12(15)16)5-9(7)24-13(17)18/h2-5,12-13H,1H3,(H,19,21). The van der Waals surface area contributed by atoms with Gasteiger partial charge in [0.05, 0.1) is 4.91 Å². The van der Waals surface area contributed by atoms with Gasteiger partial charge in [0, 0.05) is 18.6 Å². The number of hydrazine groups is 1. The molecule has 1 aliphatic rings. The molecular weight excluding hydrogens is 400 g/mol. The normalized spacial score (nSPS) is 16.0. The van der Waals surface area contributed by atoms with Crippen LogP contribution >= 0.6 is 24.0 Å². The fourth-order valence-corrected chi connectivity index (χ4v) is 3.04. The number of hydrogen-bond donors (Lipinski definition) is 1. The molecule has 1 N–H and O–H groups in total. The Morgan fingerprint density at radius 2 is 1.92 bits per heavy atom. The van der Waals surface area contributed by atoms with Gasteiger partial charge in [-0.15, -0.1) is 0 Å². The van der Waals surface area contributed by atoms with Crippen molar-refractivity contribution in [3.63, 3.8) is 0 Å². The van der Waals surface area contributed by atoms with Crippen molar-refractivity contribution in [1.29, 1.82) is 0 Å². The molecule has 1 aromatic rings. The van der Waals surface area contributed by atoms with Crippen molar-refractivity contribution in [3.8, 4) is 11.5 Å². The van der Waals surface area contributed by atoms with E-state index in [1.807, 2.05) is 0 Å². The number of thioether (sulfide) groups is 1. The molecule has 6 nitrogen and oxygen atoms in total. The molecule has 140 valence electrons. The largest absolute Gasteiger partial charge is 0.435 e. The second-order valence-electron chi connectivity index (χ2n) is 4.64. The number of nitrogens with zero attached hydrogens (tertiary/aromatic N) is 1. The van der Waals surface area contributed by atoms with Gasteiger partial charge >= 0.3 is 13.2 Å². The van der Waals surface area contributed by atoms with Crippen LogP contribution in [0, 0.1) is 0 Å². The smallest absolute Gasteiger partial charge is 0.387 e. The minimum atomic E-state index is -3.22. The predicted octanol–water partition coefficient (Wildman–Crippen LogP) is 3.14. The number of carbonyl (C=O) groups excluding carboxylic acids is 2. The van der Waals surface area contributed by atoms with Gasteiger partial charge in [-0.2, -0.15) is 22.6 Å². The lowest BCUT2D eigenvalue weighted by molar-refractivity contribution is -0.131. The first-order chi connectivity index (χ1) is 12.2. The van der Waals surface area contributed by atoms with Gasteiger partial charge < -0.3 is 9.47 Å². The molecule has 26 heavy (non-hydrogen) atoms. The van der Waals surface area contributed by atoms with Crippen molar-refractivity contribution in [2.45, 2.75) is 20.1 Å². The molecule has 1 fully saturated rings. The minimum absolute atomic E-state index is 0.00948. The van der Waals surface area contributed by atoms with E-state index in [1.165, 1.54) is 19.1 Å². The predicted molar refractivity (Wildman–Crippen MR) is 88.5 cm³/mol. The van der Waals surface area contributed by atoms with Crippen LogP contribution in [0.15, 0.2) is 23.1 Å². The number of carbonyl (C=O) groups is 2. The fraction of sp³-hybridized carbons (Fsp3) is 0.214. The Hall–Kier alpha value is -2.34. The SMILES string of the molecule is CC(=O)NN1C(=O)C(=Cc2ccc(OC(F)F)cc2OC(F)F)SC1=S. The number of nitrogens with one attached hydrogen (secondary N) is 1. The third-order valence-electron chi connectivity index (χ3n) is 2.78. The molecule has 1 aromatic carbocycles. The molecule has 0 atom stereocenters. The van der Waals surface area contributed by atoms with Crippen LogP contribution in [0.1, 0.15) is 12.5 Å². The maximum absolute atomic E-state index is 12.6. The van der Waals surface area contributed by atoms with Crippen molar-refractivity contribution in [2.24, 2.45) is 0 Å². The number of benzene rings is 1. The highest BCUT2D eigenvalue weighted by molar-refractivity contribution is 8.26. The monoisotopic (exact) mass is 410 g/mol. The van der Waals surface area contributed by atoms with Gasteiger partial charge in [0.2, 0.25) is 5.91 Å². The van der Waals surface area contributed by atoms with E-state index in [0.29, 0.717) is 0 Å². The summed E-state index contributed by atoms with van der Waals surface area (Å²) in [6, 6.07) is 3.12. The Kier molecular flexibility index (Phi) is 6.42. The molecule has 0 unspecified atom stereocenters. The Morgan fingerprint density at radius 3 is 2.50 bits per heavy atom. The van der Waals surface area contributed by atoms with Crippen LogP contribution in [-0.2, 0) is 9.59 Å². The molecular formula is C14H10F4N2O4S2. The van der Waals surface area contributed by atoms with Crippen LogP contribution < -0.4 is 14.9 Å². The van der Waals surface area contributed by atoms with Crippen molar-refractivity contribution < 1.29 is 36.6 Å². The summed E-state index contributed by atoms with van der Waals surface area (Å²) in [6.45, 7) is -5.19. The van der Waals surface area contributed by atoms with Crippen molar-refractivity contribution in [1.82, 2.24) is 10.4 Å². The number of alkyl halides is 4. The van der Waals surface area contributed by atoms with Gasteiger partial charge in [-0.25, -0.2) is 0 Å². The van der Waals surface area contributed by atoms with E-state index in [9.17, 15) is 27.2 Å². The summed E-state index contributed by atoms with van der Waals surface area (Å²) in [5, 5.41) is 0.829. The van der Waals surface area contributed by atoms with E-state index < -0.39 is 36.5 Å². The molecule has 1 heterocycles. The minimum Gasteiger partial charge on any atom is -0.435 e. The summed E-state index contributed by atoms with van der Waals surface area (Å²) in [4.78, 5) is 23.3. The van der Waals surface area contributed by atoms with Crippen LogP contribution in [0.5, 0.6) is 11.5 Å². The first kappa shape index (κ1) is 20.0. The summed E-state index contributed by atoms with van der Waals surface area (Å²) in [7, 11) is 0. The van der Waals surface area contributed by atoms with E-state index in [1.54, 1.807) is 0 Å². The maximum Gasteiger partial charge on any atom is 0.387 e. The second kappa shape index (κ2) is 8.36. The lowest BCUT2D eigenvalue weighted by Gasteiger charge is -2.13. The van der Waals surface area contributed by atoms with E-state index in [4.69, 9.17) is 12.2 Å². The zero-order chi connectivity index (χ0) is 19.4. The molecule has 2 rings (SSSR count). The first-order valence-electron chi connectivity index (χ1n) is 6.76. The van der Waals surface area contributed by atoms with Crippen LogP contribution in [-0.4, -0.2) is 34.4 Å². The molecule has 2 amide bonds. The highest BCUT2D eigenvalue weighted by Crippen LogP contribution is 2.35. The average molecular weight is 410 g/mol. The van der Waals surface area contributed by atoms with Crippen LogP contribution in [0.4, 0.5) is 17.6 Å². The van der Waals surface area contributed by atoms with E-state index >= 15 is 0 Å². The van der Waals surface area contributed by atoms with Crippen molar-refractivity contribution >= 4 is 46.2 Å². The Bertz CT molecular complexity index is 773. The Balaban J connectivity index is 2.35. The summed E-state index contributed by atoms with van der Waals surface area (Å²) < 4.78 is 58.1. The van der Waals surface area contributed by atoms with Crippen molar-refractivity contribution in [2.75, 3.05) is 0 Å². The van der Waals surface area contributed by atoms with E-state index in [0.717, 1.165) is 28.9 Å². The number of amides is 2. The second-order valence-corrected chi connectivity index (χ2v) is 6.32. The topological polar surface area (TPSA) is 67.9 Å². The Morgan fingerprint density at radius 1 is 1.27 bits per heavy atom. The molecule has 0 bridgehead atoms. The van der Waals surface area contributed by atoms with Crippen LogP contribution in [0.25, 0.3) is 6.08 Å². The van der Waals surface area contributed by atoms with Crippen LogP contribution in [0.2, 0.25) is 0 Å². The van der Waals surface area contributed by atoms with Crippen LogP contribution in [0.3, 0.4) is 0 Å². The highest BCUT2D eigenvalue weighted by Gasteiger charge is 2.33. The number of thiocarbonyl (C=S) groups is 1. The number of hydrogen-bond acceptors (Lipinski definition) is 6. The number of rotatable bonds is 6. The zero-order valence-corrected chi connectivity index (χ0v) is 14.5. The summed E-state index contributed by atoms with van der Waals surface area (Å²) in [6.07, 6.45) is 1.19. The van der Waals surface area contributed by atoms with Gasteiger partial charge in [-0.1, -0.05) is 11.8 Å². The quantitative estimate of drug-likeness (QED) is 0.442. The molecule has 12 heteroatoms. The Labute approximate surface area is 154 Å². The number of ether oxygens (including phenoxy) is 2.